The van der Waals surface area contributed by atoms with Crippen LogP contribution in [0.3, 0.4) is 0 Å². The highest BCUT2D eigenvalue weighted by Crippen LogP contribution is 2.60. The van der Waals surface area contributed by atoms with E-state index in [4.69, 9.17) is 14.2 Å². The van der Waals surface area contributed by atoms with Crippen molar-refractivity contribution >= 4 is 23.9 Å². The summed E-state index contributed by atoms with van der Waals surface area (Å²) in [6, 6.07) is 0. The predicted molar refractivity (Wildman–Crippen MR) is 143 cm³/mol. The van der Waals surface area contributed by atoms with Crippen LogP contribution >= 0.6 is 0 Å². The van der Waals surface area contributed by atoms with Gasteiger partial charge in [-0.1, -0.05) is 6.92 Å². The maximum atomic E-state index is 14.0. The van der Waals surface area contributed by atoms with Gasteiger partial charge in [-0.25, -0.2) is 0 Å². The van der Waals surface area contributed by atoms with Gasteiger partial charge < -0.3 is 19.3 Å². The molecule has 4 atom stereocenters. The van der Waals surface area contributed by atoms with E-state index in [-0.39, 0.29) is 25.4 Å². The number of ether oxygens (including phenoxy) is 3. The topological polar surface area (TPSA) is 116 Å². The van der Waals surface area contributed by atoms with Crippen LogP contribution < -0.4 is 0 Å². The number of esters is 3. The van der Waals surface area contributed by atoms with Gasteiger partial charge in [0.1, 0.15) is 11.7 Å². The zero-order valence-corrected chi connectivity index (χ0v) is 24.8. The molecule has 0 amide bonds. The third kappa shape index (κ3) is 5.58. The summed E-state index contributed by atoms with van der Waals surface area (Å²) in [5.74, 6) is -0.740. The number of hydrogen-bond acceptors (Lipinski definition) is 7. The summed E-state index contributed by atoms with van der Waals surface area (Å²) in [7, 11) is 0. The van der Waals surface area contributed by atoms with Crippen LogP contribution in [0.25, 0.3) is 0 Å². The summed E-state index contributed by atoms with van der Waals surface area (Å²) in [4.78, 5) is 52.1. The number of aliphatic carboxylic acids is 1. The summed E-state index contributed by atoms with van der Waals surface area (Å²) in [5, 5.41) is 9.91. The van der Waals surface area contributed by atoms with Crippen molar-refractivity contribution in [3.63, 3.8) is 0 Å². The Balaban J connectivity index is 1.57. The van der Waals surface area contributed by atoms with Crippen LogP contribution in [-0.4, -0.2) is 47.3 Å². The van der Waals surface area contributed by atoms with Crippen LogP contribution in [0.15, 0.2) is 0 Å². The quantitative estimate of drug-likeness (QED) is 0.279. The molecule has 4 aliphatic carbocycles. The van der Waals surface area contributed by atoms with Crippen molar-refractivity contribution in [1.29, 1.82) is 0 Å². The maximum absolute atomic E-state index is 14.0. The largest absolute Gasteiger partial charge is 0.481 e. The monoisotopic (exact) mass is 548 g/mol. The van der Waals surface area contributed by atoms with Gasteiger partial charge in [0.25, 0.3) is 0 Å². The zero-order valence-electron chi connectivity index (χ0n) is 24.8. The van der Waals surface area contributed by atoms with Crippen LogP contribution in [0.2, 0.25) is 0 Å². The molecule has 4 unspecified atom stereocenters. The Kier molecular flexibility index (Phi) is 7.94. The lowest BCUT2D eigenvalue weighted by molar-refractivity contribution is -0.214. The van der Waals surface area contributed by atoms with E-state index in [2.05, 4.69) is 6.92 Å². The summed E-state index contributed by atoms with van der Waals surface area (Å²) in [5.41, 5.74) is -4.05. The van der Waals surface area contributed by atoms with Crippen molar-refractivity contribution in [3.05, 3.63) is 0 Å². The zero-order chi connectivity index (χ0) is 29.0. The number of carboxylic acids is 1. The van der Waals surface area contributed by atoms with Crippen molar-refractivity contribution in [3.8, 4) is 0 Å². The van der Waals surface area contributed by atoms with E-state index in [1.165, 1.54) is 6.42 Å². The molecule has 5 aliphatic rings. The summed E-state index contributed by atoms with van der Waals surface area (Å²) in [6.07, 6.45) is 5.98. The molecule has 5 rings (SSSR count). The summed E-state index contributed by atoms with van der Waals surface area (Å²) < 4.78 is 17.5. The molecular formula is C31H48O8. The highest BCUT2D eigenvalue weighted by molar-refractivity contribution is 5.83. The molecule has 0 aromatic heterocycles. The number of rotatable bonds is 10. The lowest BCUT2D eigenvalue weighted by atomic mass is 9.50. The molecular weight excluding hydrogens is 500 g/mol. The molecule has 8 heteroatoms. The van der Waals surface area contributed by atoms with Crippen molar-refractivity contribution in [2.45, 2.75) is 118 Å². The molecule has 8 nitrogen and oxygen atoms in total. The molecule has 4 saturated carbocycles. The molecule has 0 aromatic rings. The van der Waals surface area contributed by atoms with E-state index in [1.54, 1.807) is 27.7 Å². The number of carboxylic acid groups (broad SMARTS) is 1. The second-order valence-electron chi connectivity index (χ2n) is 14.6. The Hall–Kier alpha value is -2.12. The highest BCUT2D eigenvalue weighted by Gasteiger charge is 2.59. The first-order valence-electron chi connectivity index (χ1n) is 14.9. The van der Waals surface area contributed by atoms with E-state index in [1.807, 2.05) is 13.8 Å². The van der Waals surface area contributed by atoms with Crippen LogP contribution in [0.4, 0.5) is 0 Å². The first-order valence-corrected chi connectivity index (χ1v) is 14.9. The number of carbonyl (C=O) groups excluding carboxylic acids is 3. The standard InChI is InChI=1S/C31H48O8/c1-8-29(5,27(36)39-31(7)21-12-19-11-20(14-21)15-22(31)13-19)17-30(6,16-28(3,4)25(33)34)26(35)38-23-9-10-37-24(32)18(23)2/h18-23H,8-17H2,1-7H3,(H,33,34). The van der Waals surface area contributed by atoms with E-state index < -0.39 is 51.8 Å². The number of carbonyl (C=O) groups is 4. The molecule has 1 aliphatic heterocycles. The minimum Gasteiger partial charge on any atom is -0.481 e. The summed E-state index contributed by atoms with van der Waals surface area (Å²) in [6.45, 7) is 12.5. The van der Waals surface area contributed by atoms with Crippen LogP contribution in [0.5, 0.6) is 0 Å². The van der Waals surface area contributed by atoms with Gasteiger partial charge in [-0.2, -0.15) is 0 Å². The Bertz CT molecular complexity index is 973. The van der Waals surface area contributed by atoms with Crippen molar-refractivity contribution in [1.82, 2.24) is 0 Å². The van der Waals surface area contributed by atoms with Crippen molar-refractivity contribution < 1.29 is 38.5 Å². The van der Waals surface area contributed by atoms with Crippen LogP contribution in [0.1, 0.15) is 106 Å². The predicted octanol–water partition coefficient (Wildman–Crippen LogP) is 5.55. The van der Waals surface area contributed by atoms with Crippen molar-refractivity contribution in [2.75, 3.05) is 6.61 Å². The highest BCUT2D eigenvalue weighted by atomic mass is 16.6. The average molecular weight is 549 g/mol. The summed E-state index contributed by atoms with van der Waals surface area (Å²) >= 11 is 0. The van der Waals surface area contributed by atoms with Gasteiger partial charge in [0.15, 0.2) is 0 Å². The fraction of sp³-hybridized carbons (Fsp3) is 0.871. The molecule has 39 heavy (non-hydrogen) atoms. The van der Waals surface area contributed by atoms with Gasteiger partial charge in [0.2, 0.25) is 0 Å². The first-order chi connectivity index (χ1) is 18.0. The normalized spacial score (nSPS) is 36.8. The van der Waals surface area contributed by atoms with Crippen LogP contribution in [-0.2, 0) is 33.4 Å². The first kappa shape index (κ1) is 29.9. The fourth-order valence-electron chi connectivity index (χ4n) is 8.32. The smallest absolute Gasteiger partial charge is 0.312 e. The molecule has 0 spiro atoms. The van der Waals surface area contributed by atoms with E-state index in [0.717, 1.165) is 37.5 Å². The van der Waals surface area contributed by atoms with Gasteiger partial charge in [-0.3, -0.25) is 19.2 Å². The van der Waals surface area contributed by atoms with Gasteiger partial charge in [0.05, 0.1) is 28.8 Å². The lowest BCUT2D eigenvalue weighted by Crippen LogP contribution is -2.59. The van der Waals surface area contributed by atoms with Gasteiger partial charge in [-0.05, 0) is 117 Å². The van der Waals surface area contributed by atoms with Crippen molar-refractivity contribution in [2.24, 2.45) is 45.8 Å². The second-order valence-corrected chi connectivity index (χ2v) is 14.6. The van der Waals surface area contributed by atoms with Crippen LogP contribution in [0, 0.1) is 45.8 Å². The molecule has 1 N–H and O–H groups in total. The van der Waals surface area contributed by atoms with E-state index in [9.17, 15) is 24.3 Å². The molecule has 1 heterocycles. The molecule has 0 radical (unpaired) electrons. The molecule has 1 saturated heterocycles. The van der Waals surface area contributed by atoms with E-state index in [0.29, 0.717) is 24.7 Å². The average Bonchev–Trinajstić information content (AvgIpc) is 2.84. The Morgan fingerprint density at radius 3 is 2.03 bits per heavy atom. The molecule has 5 fully saturated rings. The molecule has 220 valence electrons. The SMILES string of the molecule is CCC(C)(CC(C)(CC(C)(C)C(=O)O)C(=O)OC1CCOC(=O)C1C)C(=O)OC1(C)C2CC3CC(C2)CC1C3. The molecule has 4 bridgehead atoms. The Morgan fingerprint density at radius 2 is 1.51 bits per heavy atom. The maximum Gasteiger partial charge on any atom is 0.312 e. The third-order valence-electron chi connectivity index (χ3n) is 10.9. The van der Waals surface area contributed by atoms with Gasteiger partial charge in [-0.15, -0.1) is 0 Å². The minimum atomic E-state index is -1.29. The third-order valence-corrected chi connectivity index (χ3v) is 10.9. The second kappa shape index (κ2) is 10.4. The Labute approximate surface area is 232 Å². The molecule has 0 aromatic carbocycles. The Morgan fingerprint density at radius 1 is 0.949 bits per heavy atom. The van der Waals surface area contributed by atoms with Gasteiger partial charge in [0, 0.05) is 6.42 Å². The fourth-order valence-corrected chi connectivity index (χ4v) is 8.32. The minimum absolute atomic E-state index is 0.0194. The lowest BCUT2D eigenvalue weighted by Gasteiger charge is -2.59. The van der Waals surface area contributed by atoms with Gasteiger partial charge >= 0.3 is 23.9 Å². The number of cyclic esters (lactones) is 1. The number of hydrogen-bond donors (Lipinski definition) is 1. The van der Waals surface area contributed by atoms with E-state index >= 15 is 0 Å².